The lowest BCUT2D eigenvalue weighted by Crippen LogP contribution is -2.44. The van der Waals surface area contributed by atoms with Gasteiger partial charge >= 0.3 is 0 Å². The molecule has 1 amide bonds. The zero-order valence-corrected chi connectivity index (χ0v) is 11.9. The number of hydrogen-bond acceptors (Lipinski definition) is 3. The van der Waals surface area contributed by atoms with E-state index in [4.69, 9.17) is 0 Å². The molecule has 0 bridgehead atoms. The first-order chi connectivity index (χ1) is 9.72. The number of benzene rings is 1. The lowest BCUT2D eigenvalue weighted by molar-refractivity contribution is -0.125. The third-order valence-electron chi connectivity index (χ3n) is 4.69. The van der Waals surface area contributed by atoms with Crippen molar-refractivity contribution in [3.8, 4) is 5.75 Å². The number of carbonyl (C=O) groups excluding carboxylic acids is 1. The van der Waals surface area contributed by atoms with E-state index in [-0.39, 0.29) is 18.0 Å². The van der Waals surface area contributed by atoms with E-state index in [1.54, 1.807) is 13.1 Å². The molecule has 1 aliphatic heterocycles. The Balaban J connectivity index is 1.92. The number of phenolic OH excluding ortho intramolecular Hbond substituents is 1. The highest BCUT2D eigenvalue weighted by Gasteiger charge is 2.37. The van der Waals surface area contributed by atoms with Gasteiger partial charge in [-0.25, -0.2) is 0 Å². The summed E-state index contributed by atoms with van der Waals surface area (Å²) in [5.74, 6) is 0.526. The Bertz CT molecular complexity index is 515. The molecule has 1 heterocycles. The summed E-state index contributed by atoms with van der Waals surface area (Å²) in [5, 5.41) is 12.8. The van der Waals surface area contributed by atoms with Crippen molar-refractivity contribution < 1.29 is 9.90 Å². The topological polar surface area (TPSA) is 52.6 Å². The second-order valence-electron chi connectivity index (χ2n) is 5.76. The van der Waals surface area contributed by atoms with E-state index < -0.39 is 0 Å². The van der Waals surface area contributed by atoms with E-state index >= 15 is 0 Å². The van der Waals surface area contributed by atoms with Gasteiger partial charge in [-0.2, -0.15) is 0 Å². The zero-order valence-electron chi connectivity index (χ0n) is 11.9. The van der Waals surface area contributed by atoms with Crippen molar-refractivity contribution in [1.29, 1.82) is 0 Å². The summed E-state index contributed by atoms with van der Waals surface area (Å²) >= 11 is 0. The Labute approximate surface area is 119 Å². The van der Waals surface area contributed by atoms with Crippen molar-refractivity contribution >= 4 is 5.91 Å². The van der Waals surface area contributed by atoms with Gasteiger partial charge in [-0.05, 0) is 55.8 Å². The minimum Gasteiger partial charge on any atom is -0.508 e. The quantitative estimate of drug-likeness (QED) is 0.867. The highest BCUT2D eigenvalue weighted by Crippen LogP contribution is 2.40. The average molecular weight is 274 g/mol. The van der Waals surface area contributed by atoms with Crippen LogP contribution in [0, 0.1) is 0 Å². The molecule has 0 spiro atoms. The van der Waals surface area contributed by atoms with Crippen molar-refractivity contribution in [2.24, 2.45) is 0 Å². The average Bonchev–Trinajstić information content (AvgIpc) is 2.95. The first-order valence-electron chi connectivity index (χ1n) is 7.50. The van der Waals surface area contributed by atoms with Crippen LogP contribution in [0.3, 0.4) is 0 Å². The molecule has 0 aromatic heterocycles. The molecule has 1 aromatic rings. The fraction of sp³-hybridized carbons (Fsp3) is 0.562. The van der Waals surface area contributed by atoms with Crippen molar-refractivity contribution in [3.63, 3.8) is 0 Å². The van der Waals surface area contributed by atoms with E-state index in [0.717, 1.165) is 44.2 Å². The van der Waals surface area contributed by atoms with Crippen LogP contribution in [-0.2, 0) is 11.2 Å². The SMILES string of the molecule is CNC(=O)C1CCCN1C1CCCc2c(O)cccc21. The summed E-state index contributed by atoms with van der Waals surface area (Å²) in [7, 11) is 1.71. The molecular formula is C16H22N2O2. The maximum atomic E-state index is 12.0. The van der Waals surface area contributed by atoms with Crippen molar-refractivity contribution in [3.05, 3.63) is 29.3 Å². The van der Waals surface area contributed by atoms with Gasteiger partial charge in [0.1, 0.15) is 5.75 Å². The number of rotatable bonds is 2. The summed E-state index contributed by atoms with van der Waals surface area (Å²) in [4.78, 5) is 14.4. The van der Waals surface area contributed by atoms with Gasteiger partial charge in [0.25, 0.3) is 0 Å². The number of likely N-dealkylation sites (N-methyl/N-ethyl adjacent to an activating group) is 1. The number of aromatic hydroxyl groups is 1. The smallest absolute Gasteiger partial charge is 0.237 e. The van der Waals surface area contributed by atoms with Crippen LogP contribution in [0.4, 0.5) is 0 Å². The minimum atomic E-state index is -0.0155. The Kier molecular flexibility index (Phi) is 3.66. The van der Waals surface area contributed by atoms with E-state index in [9.17, 15) is 9.90 Å². The molecule has 2 atom stereocenters. The van der Waals surface area contributed by atoms with Gasteiger partial charge in [-0.1, -0.05) is 12.1 Å². The van der Waals surface area contributed by atoms with Gasteiger partial charge in [0.2, 0.25) is 5.91 Å². The second kappa shape index (κ2) is 5.44. The standard InChI is InChI=1S/C16H22N2O2/c1-17-16(20)14-8-4-10-18(14)13-7-2-6-12-11(13)5-3-9-15(12)19/h3,5,9,13-14,19H,2,4,6-8,10H2,1H3,(H,17,20). The lowest BCUT2D eigenvalue weighted by atomic mass is 9.86. The number of fused-ring (bicyclic) bond motifs is 1. The Morgan fingerprint density at radius 3 is 3.00 bits per heavy atom. The molecule has 4 nitrogen and oxygen atoms in total. The number of carbonyl (C=O) groups is 1. The lowest BCUT2D eigenvalue weighted by Gasteiger charge is -2.36. The molecule has 20 heavy (non-hydrogen) atoms. The first-order valence-corrected chi connectivity index (χ1v) is 7.50. The molecule has 1 aromatic carbocycles. The summed E-state index contributed by atoms with van der Waals surface area (Å²) in [5.41, 5.74) is 2.29. The molecule has 0 saturated carbocycles. The van der Waals surface area contributed by atoms with Crippen molar-refractivity contribution in [2.45, 2.75) is 44.2 Å². The van der Waals surface area contributed by atoms with E-state index in [2.05, 4.69) is 16.3 Å². The number of nitrogens with zero attached hydrogens (tertiary/aromatic N) is 1. The number of nitrogens with one attached hydrogen (secondary N) is 1. The van der Waals surface area contributed by atoms with E-state index in [0.29, 0.717) is 5.75 Å². The zero-order chi connectivity index (χ0) is 14.1. The Hall–Kier alpha value is -1.55. The van der Waals surface area contributed by atoms with Crippen LogP contribution in [0.5, 0.6) is 5.75 Å². The maximum Gasteiger partial charge on any atom is 0.237 e. The molecule has 1 saturated heterocycles. The van der Waals surface area contributed by atoms with Crippen LogP contribution in [0.25, 0.3) is 0 Å². The predicted octanol–water partition coefficient (Wildman–Crippen LogP) is 1.98. The molecule has 2 aliphatic rings. The number of phenols is 1. The third kappa shape index (κ3) is 2.18. The minimum absolute atomic E-state index is 0.0155. The van der Waals surface area contributed by atoms with E-state index in [1.807, 2.05) is 6.07 Å². The number of hydrogen-bond donors (Lipinski definition) is 2. The highest BCUT2D eigenvalue weighted by molar-refractivity contribution is 5.81. The van der Waals surface area contributed by atoms with Crippen LogP contribution >= 0.6 is 0 Å². The summed E-state index contributed by atoms with van der Waals surface area (Å²) in [6, 6.07) is 6.05. The van der Waals surface area contributed by atoms with Crippen LogP contribution in [-0.4, -0.2) is 35.5 Å². The summed E-state index contributed by atoms with van der Waals surface area (Å²) in [6.07, 6.45) is 5.10. The first kappa shape index (κ1) is 13.4. The van der Waals surface area contributed by atoms with Crippen molar-refractivity contribution in [1.82, 2.24) is 10.2 Å². The fourth-order valence-corrected chi connectivity index (χ4v) is 3.76. The molecule has 2 unspecified atom stereocenters. The van der Waals surface area contributed by atoms with Gasteiger partial charge in [0.05, 0.1) is 6.04 Å². The molecule has 1 fully saturated rings. The van der Waals surface area contributed by atoms with Gasteiger partial charge in [0.15, 0.2) is 0 Å². The summed E-state index contributed by atoms with van der Waals surface area (Å²) < 4.78 is 0. The molecular weight excluding hydrogens is 252 g/mol. The second-order valence-corrected chi connectivity index (χ2v) is 5.76. The summed E-state index contributed by atoms with van der Waals surface area (Å²) in [6.45, 7) is 0.970. The van der Waals surface area contributed by atoms with Crippen LogP contribution in [0.15, 0.2) is 18.2 Å². The van der Waals surface area contributed by atoms with Crippen LogP contribution in [0.1, 0.15) is 42.9 Å². The van der Waals surface area contributed by atoms with E-state index in [1.165, 1.54) is 5.56 Å². The molecule has 3 rings (SSSR count). The van der Waals surface area contributed by atoms with Gasteiger partial charge < -0.3 is 10.4 Å². The Morgan fingerprint density at radius 1 is 1.35 bits per heavy atom. The largest absolute Gasteiger partial charge is 0.508 e. The van der Waals surface area contributed by atoms with Crippen molar-refractivity contribution in [2.75, 3.05) is 13.6 Å². The molecule has 1 aliphatic carbocycles. The van der Waals surface area contributed by atoms with Crippen LogP contribution < -0.4 is 5.32 Å². The number of amides is 1. The van der Waals surface area contributed by atoms with Gasteiger partial charge in [0, 0.05) is 13.1 Å². The number of likely N-dealkylation sites (tertiary alicyclic amines) is 1. The third-order valence-corrected chi connectivity index (χ3v) is 4.69. The van der Waals surface area contributed by atoms with Gasteiger partial charge in [-0.15, -0.1) is 0 Å². The maximum absolute atomic E-state index is 12.0. The predicted molar refractivity (Wildman–Crippen MR) is 77.6 cm³/mol. The molecule has 108 valence electrons. The fourth-order valence-electron chi connectivity index (χ4n) is 3.76. The molecule has 2 N–H and O–H groups in total. The highest BCUT2D eigenvalue weighted by atomic mass is 16.3. The Morgan fingerprint density at radius 2 is 2.20 bits per heavy atom. The van der Waals surface area contributed by atoms with Crippen LogP contribution in [0.2, 0.25) is 0 Å². The van der Waals surface area contributed by atoms with Gasteiger partial charge in [-0.3, -0.25) is 9.69 Å². The molecule has 4 heteroatoms. The monoisotopic (exact) mass is 274 g/mol. The molecule has 0 radical (unpaired) electrons. The normalized spacial score (nSPS) is 26.2.